The van der Waals surface area contributed by atoms with E-state index in [0.29, 0.717) is 6.54 Å². The summed E-state index contributed by atoms with van der Waals surface area (Å²) in [6, 6.07) is 9.06. The van der Waals surface area contributed by atoms with Crippen LogP contribution in [-0.4, -0.2) is 32.4 Å². The van der Waals surface area contributed by atoms with E-state index < -0.39 is 16.3 Å². The Morgan fingerprint density at radius 2 is 1.90 bits per heavy atom. The fourth-order valence-electron chi connectivity index (χ4n) is 1.64. The summed E-state index contributed by atoms with van der Waals surface area (Å²) in [6.45, 7) is 2.44. The second-order valence-electron chi connectivity index (χ2n) is 4.70. The molecule has 0 fully saturated rings. The summed E-state index contributed by atoms with van der Waals surface area (Å²) >= 11 is 0. The van der Waals surface area contributed by atoms with E-state index in [0.717, 1.165) is 29.1 Å². The van der Waals surface area contributed by atoms with Gasteiger partial charge in [0.25, 0.3) is 0 Å². The third-order valence-electron chi connectivity index (χ3n) is 2.91. The summed E-state index contributed by atoms with van der Waals surface area (Å²) in [5.41, 5.74) is 0.793. The minimum atomic E-state index is -3.84. The van der Waals surface area contributed by atoms with Gasteiger partial charge in [-0.15, -0.1) is 0 Å². The number of ether oxygens (including phenoxy) is 1. The van der Waals surface area contributed by atoms with Crippen molar-refractivity contribution in [2.75, 3.05) is 13.6 Å². The van der Waals surface area contributed by atoms with Crippen molar-refractivity contribution in [3.05, 3.63) is 35.9 Å². The van der Waals surface area contributed by atoms with Crippen LogP contribution in [0.15, 0.2) is 30.3 Å². The van der Waals surface area contributed by atoms with Gasteiger partial charge >= 0.3 is 16.3 Å². The molecule has 1 N–H and O–H groups in total. The number of nitrogens with zero attached hydrogens (tertiary/aromatic N) is 1. The molecule has 6 nitrogen and oxygen atoms in total. The highest BCUT2D eigenvalue weighted by atomic mass is 32.2. The molecule has 0 radical (unpaired) electrons. The molecule has 1 amide bonds. The van der Waals surface area contributed by atoms with E-state index in [-0.39, 0.29) is 6.61 Å². The molecule has 0 saturated carbocycles. The van der Waals surface area contributed by atoms with E-state index >= 15 is 0 Å². The molecule has 0 bridgehead atoms. The fraction of sp³-hybridized carbons (Fsp3) is 0.500. The molecule has 0 heterocycles. The molecule has 0 aliphatic heterocycles. The molecule has 0 saturated heterocycles. The van der Waals surface area contributed by atoms with Crippen LogP contribution in [-0.2, 0) is 21.6 Å². The lowest BCUT2D eigenvalue weighted by Gasteiger charge is -2.17. The molecule has 0 aliphatic rings. The topological polar surface area (TPSA) is 75.7 Å². The predicted octanol–water partition coefficient (Wildman–Crippen LogP) is 2.28. The van der Waals surface area contributed by atoms with Crippen molar-refractivity contribution >= 4 is 16.3 Å². The number of benzene rings is 1. The van der Waals surface area contributed by atoms with E-state index in [1.165, 1.54) is 7.05 Å². The second kappa shape index (κ2) is 8.63. The number of amides is 1. The van der Waals surface area contributed by atoms with Gasteiger partial charge in [-0.3, -0.25) is 0 Å². The third-order valence-corrected chi connectivity index (χ3v) is 4.34. The van der Waals surface area contributed by atoms with Gasteiger partial charge in [0, 0.05) is 13.6 Å². The first kappa shape index (κ1) is 17.5. The number of hydrogen-bond donors (Lipinski definition) is 1. The standard InChI is InChI=1S/C14H22N2O4S/c1-3-4-8-11-16(2)21(18,19)15-14(17)20-12-13-9-6-5-7-10-13/h5-7,9-10H,3-4,8,11-12H2,1-2H3,(H,15,17). The van der Waals surface area contributed by atoms with Gasteiger partial charge in [-0.05, 0) is 12.0 Å². The first-order valence-corrected chi connectivity index (χ1v) is 8.34. The Morgan fingerprint density at radius 1 is 1.24 bits per heavy atom. The molecular weight excluding hydrogens is 292 g/mol. The number of carbonyl (C=O) groups is 1. The van der Waals surface area contributed by atoms with Crippen LogP contribution in [0.25, 0.3) is 0 Å². The summed E-state index contributed by atoms with van der Waals surface area (Å²) in [4.78, 5) is 11.5. The van der Waals surface area contributed by atoms with Crippen molar-refractivity contribution < 1.29 is 17.9 Å². The zero-order valence-corrected chi connectivity index (χ0v) is 13.2. The molecule has 1 aromatic rings. The maximum Gasteiger partial charge on any atom is 0.422 e. The van der Waals surface area contributed by atoms with Crippen molar-refractivity contribution in [2.24, 2.45) is 0 Å². The van der Waals surface area contributed by atoms with Gasteiger partial charge in [-0.25, -0.2) is 9.52 Å². The highest BCUT2D eigenvalue weighted by molar-refractivity contribution is 7.87. The van der Waals surface area contributed by atoms with Gasteiger partial charge in [0.15, 0.2) is 0 Å². The number of rotatable bonds is 8. The first-order chi connectivity index (χ1) is 9.95. The van der Waals surface area contributed by atoms with Crippen LogP contribution in [0.5, 0.6) is 0 Å². The SMILES string of the molecule is CCCCCN(C)S(=O)(=O)NC(=O)OCc1ccccc1. The van der Waals surface area contributed by atoms with Crippen LogP contribution in [0.2, 0.25) is 0 Å². The monoisotopic (exact) mass is 314 g/mol. The maximum absolute atomic E-state index is 11.9. The Balaban J connectivity index is 2.41. The second-order valence-corrected chi connectivity index (χ2v) is 6.48. The quantitative estimate of drug-likeness (QED) is 0.747. The lowest BCUT2D eigenvalue weighted by molar-refractivity contribution is 0.145. The number of hydrogen-bond acceptors (Lipinski definition) is 4. The number of unbranched alkanes of at least 4 members (excludes halogenated alkanes) is 2. The normalized spacial score (nSPS) is 11.4. The number of carbonyl (C=O) groups excluding carboxylic acids is 1. The predicted molar refractivity (Wildman–Crippen MR) is 80.8 cm³/mol. The molecule has 0 aromatic heterocycles. The molecule has 7 heteroatoms. The summed E-state index contributed by atoms with van der Waals surface area (Å²) in [5, 5.41) is 0. The van der Waals surface area contributed by atoms with Gasteiger partial charge in [-0.1, -0.05) is 50.1 Å². The van der Waals surface area contributed by atoms with Gasteiger partial charge < -0.3 is 4.74 Å². The fourth-order valence-corrected chi connectivity index (χ4v) is 2.44. The average Bonchev–Trinajstić information content (AvgIpc) is 2.46. The van der Waals surface area contributed by atoms with Crippen LogP contribution in [0.3, 0.4) is 0 Å². The Labute approximate surface area is 126 Å². The van der Waals surface area contributed by atoms with Crippen molar-refractivity contribution in [3.63, 3.8) is 0 Å². The molecule has 0 atom stereocenters. The smallest absolute Gasteiger partial charge is 0.422 e. The van der Waals surface area contributed by atoms with Crippen molar-refractivity contribution in [1.29, 1.82) is 0 Å². The number of nitrogens with one attached hydrogen (secondary N) is 1. The van der Waals surface area contributed by atoms with Crippen LogP contribution < -0.4 is 4.72 Å². The Hall–Kier alpha value is -1.60. The van der Waals surface area contributed by atoms with E-state index in [4.69, 9.17) is 4.74 Å². The summed E-state index contributed by atoms with van der Waals surface area (Å²) < 4.78 is 31.6. The third kappa shape index (κ3) is 6.59. The van der Waals surface area contributed by atoms with Gasteiger partial charge in [0.1, 0.15) is 6.61 Å². The first-order valence-electron chi connectivity index (χ1n) is 6.90. The van der Waals surface area contributed by atoms with Crippen LogP contribution in [0.4, 0.5) is 4.79 Å². The van der Waals surface area contributed by atoms with E-state index in [9.17, 15) is 13.2 Å². The molecule has 1 rings (SSSR count). The van der Waals surface area contributed by atoms with E-state index in [2.05, 4.69) is 0 Å². The minimum absolute atomic E-state index is 0.0295. The minimum Gasteiger partial charge on any atom is -0.444 e. The Morgan fingerprint density at radius 3 is 2.52 bits per heavy atom. The van der Waals surface area contributed by atoms with Gasteiger partial charge in [0.05, 0.1) is 0 Å². The van der Waals surface area contributed by atoms with Crippen molar-refractivity contribution in [2.45, 2.75) is 32.8 Å². The molecule has 21 heavy (non-hydrogen) atoms. The zero-order chi connectivity index (χ0) is 15.7. The van der Waals surface area contributed by atoms with Crippen LogP contribution in [0.1, 0.15) is 31.7 Å². The Bertz CT molecular complexity index is 531. The largest absolute Gasteiger partial charge is 0.444 e. The maximum atomic E-state index is 11.9. The van der Waals surface area contributed by atoms with Gasteiger partial charge in [0.2, 0.25) is 0 Å². The molecule has 0 aliphatic carbocycles. The zero-order valence-electron chi connectivity index (χ0n) is 12.4. The molecule has 1 aromatic carbocycles. The van der Waals surface area contributed by atoms with Crippen LogP contribution in [0, 0.1) is 0 Å². The summed E-state index contributed by atoms with van der Waals surface area (Å²) in [7, 11) is -2.40. The molecular formula is C14H22N2O4S. The van der Waals surface area contributed by atoms with Gasteiger partial charge in [-0.2, -0.15) is 12.7 Å². The van der Waals surface area contributed by atoms with E-state index in [1.54, 1.807) is 12.1 Å². The highest BCUT2D eigenvalue weighted by Crippen LogP contribution is 2.03. The lowest BCUT2D eigenvalue weighted by atomic mass is 10.2. The van der Waals surface area contributed by atoms with Crippen molar-refractivity contribution in [1.82, 2.24) is 9.03 Å². The van der Waals surface area contributed by atoms with Crippen LogP contribution >= 0.6 is 0 Å². The van der Waals surface area contributed by atoms with Crippen molar-refractivity contribution in [3.8, 4) is 0 Å². The average molecular weight is 314 g/mol. The summed E-state index contributed by atoms with van der Waals surface area (Å²) in [6.07, 6.45) is 1.73. The summed E-state index contributed by atoms with van der Waals surface area (Å²) in [5.74, 6) is 0. The molecule has 0 spiro atoms. The molecule has 0 unspecified atom stereocenters. The lowest BCUT2D eigenvalue weighted by Crippen LogP contribution is -2.42. The highest BCUT2D eigenvalue weighted by Gasteiger charge is 2.20. The molecule has 118 valence electrons. The Kier molecular flexibility index (Phi) is 7.18. The van der Waals surface area contributed by atoms with E-state index in [1.807, 2.05) is 29.8 Å².